The van der Waals surface area contributed by atoms with E-state index in [9.17, 15) is 4.79 Å². The van der Waals surface area contributed by atoms with Crippen LogP contribution in [-0.2, 0) is 11.2 Å². The third-order valence-electron chi connectivity index (χ3n) is 2.27. The minimum Gasteiger partial charge on any atom is -0.465 e. The first-order valence-electron chi connectivity index (χ1n) is 5.37. The molecule has 94 valence electrons. The average molecular weight is 348 g/mol. The largest absolute Gasteiger partial charge is 0.465 e. The van der Waals surface area contributed by atoms with Gasteiger partial charge in [0.2, 0.25) is 0 Å². The second-order valence-corrected chi connectivity index (χ2v) is 5.58. The first kappa shape index (κ1) is 14.3. The van der Waals surface area contributed by atoms with Gasteiger partial charge in [0.1, 0.15) is 11.3 Å². The molecule has 0 amide bonds. The zero-order valence-corrected chi connectivity index (χ0v) is 12.7. The first-order chi connectivity index (χ1) is 7.87. The highest BCUT2D eigenvalue weighted by Crippen LogP contribution is 2.27. The maximum absolute atomic E-state index is 11.6. The second-order valence-electron chi connectivity index (χ2n) is 5.14. The third kappa shape index (κ3) is 4.18. The van der Waals surface area contributed by atoms with Crippen LogP contribution in [0.1, 0.15) is 36.7 Å². The van der Waals surface area contributed by atoms with E-state index in [1.54, 1.807) is 29.1 Å². The molecule has 0 heterocycles. The highest BCUT2D eigenvalue weighted by molar-refractivity contribution is 14.1. The lowest BCUT2D eigenvalue weighted by atomic mass is 9.87. The van der Waals surface area contributed by atoms with Gasteiger partial charge in [-0.1, -0.05) is 26.8 Å². The molecule has 0 fully saturated rings. The fraction of sp³-hybridized carbons (Fsp3) is 0.462. The molecule has 0 saturated heterocycles. The lowest BCUT2D eigenvalue weighted by Crippen LogP contribution is -2.10. The van der Waals surface area contributed by atoms with Gasteiger partial charge >= 0.3 is 5.97 Å². The van der Waals surface area contributed by atoms with E-state index < -0.39 is 0 Å². The molecule has 1 rings (SSSR count). The second kappa shape index (κ2) is 5.71. The zero-order valence-electron chi connectivity index (χ0n) is 10.5. The van der Waals surface area contributed by atoms with Crippen LogP contribution >= 0.6 is 23.0 Å². The van der Waals surface area contributed by atoms with Crippen molar-refractivity contribution in [3.63, 3.8) is 0 Å². The molecule has 0 saturated carbocycles. The van der Waals surface area contributed by atoms with Gasteiger partial charge in [-0.3, -0.25) is 0 Å². The summed E-state index contributed by atoms with van der Waals surface area (Å²) in [6.07, 6.45) is 0.901. The molecule has 0 atom stereocenters. The van der Waals surface area contributed by atoms with E-state index in [1.165, 1.54) is 7.11 Å². The molecule has 3 nitrogen and oxygen atoms in total. The highest BCUT2D eigenvalue weighted by atomic mass is 127. The van der Waals surface area contributed by atoms with Crippen LogP contribution in [0.5, 0.6) is 5.75 Å². The van der Waals surface area contributed by atoms with E-state index in [0.717, 1.165) is 12.0 Å². The molecule has 0 radical (unpaired) electrons. The Morgan fingerprint density at radius 1 is 1.35 bits per heavy atom. The molecule has 0 aromatic heterocycles. The molecule has 1 aromatic rings. The van der Waals surface area contributed by atoms with Crippen molar-refractivity contribution in [2.24, 2.45) is 5.41 Å². The van der Waals surface area contributed by atoms with Gasteiger partial charge in [0.05, 0.1) is 7.11 Å². The molecule has 0 spiro atoms. The van der Waals surface area contributed by atoms with Gasteiger partial charge in [-0.05, 0) is 29.5 Å². The van der Waals surface area contributed by atoms with Crippen LogP contribution in [0.15, 0.2) is 18.2 Å². The Morgan fingerprint density at radius 3 is 2.47 bits per heavy atom. The van der Waals surface area contributed by atoms with Crippen LogP contribution in [0.3, 0.4) is 0 Å². The summed E-state index contributed by atoms with van der Waals surface area (Å²) in [4.78, 5) is 11.6. The molecule has 4 heteroatoms. The maximum atomic E-state index is 11.6. The predicted octanol–water partition coefficient (Wildman–Crippen LogP) is 3.79. The summed E-state index contributed by atoms with van der Waals surface area (Å²) < 4.78 is 9.86. The van der Waals surface area contributed by atoms with Crippen LogP contribution in [0, 0.1) is 5.41 Å². The smallest absolute Gasteiger partial charge is 0.341 e. The Kier molecular flexibility index (Phi) is 4.80. The van der Waals surface area contributed by atoms with E-state index in [2.05, 4.69) is 20.8 Å². The van der Waals surface area contributed by atoms with Crippen molar-refractivity contribution in [1.29, 1.82) is 0 Å². The van der Waals surface area contributed by atoms with Crippen molar-refractivity contribution in [3.8, 4) is 5.75 Å². The number of esters is 1. The third-order valence-corrected chi connectivity index (χ3v) is 2.74. The van der Waals surface area contributed by atoms with Gasteiger partial charge in [0, 0.05) is 0 Å². The highest BCUT2D eigenvalue weighted by Gasteiger charge is 2.17. The van der Waals surface area contributed by atoms with Crippen molar-refractivity contribution in [2.75, 3.05) is 7.11 Å². The summed E-state index contributed by atoms with van der Waals surface area (Å²) in [5.74, 6) is 0.169. The summed E-state index contributed by atoms with van der Waals surface area (Å²) in [5, 5.41) is 0. The van der Waals surface area contributed by atoms with E-state index in [-0.39, 0.29) is 11.4 Å². The van der Waals surface area contributed by atoms with Gasteiger partial charge in [0.15, 0.2) is 23.0 Å². The first-order valence-corrected chi connectivity index (χ1v) is 6.25. The van der Waals surface area contributed by atoms with E-state index in [4.69, 9.17) is 7.80 Å². The van der Waals surface area contributed by atoms with Crippen molar-refractivity contribution in [1.82, 2.24) is 0 Å². The molecule has 0 unspecified atom stereocenters. The van der Waals surface area contributed by atoms with Crippen molar-refractivity contribution < 1.29 is 12.6 Å². The Hall–Kier alpha value is -0.780. The maximum Gasteiger partial charge on any atom is 0.341 e. The Balaban J connectivity index is 3.09. The molecular weight excluding hydrogens is 331 g/mol. The van der Waals surface area contributed by atoms with Gasteiger partial charge in [-0.2, -0.15) is 0 Å². The average Bonchev–Trinajstić information content (AvgIpc) is 2.25. The van der Waals surface area contributed by atoms with Gasteiger partial charge in [-0.25, -0.2) is 4.79 Å². The number of benzene rings is 1. The van der Waals surface area contributed by atoms with Crippen LogP contribution in [0.25, 0.3) is 0 Å². The minimum atomic E-state index is -0.368. The lowest BCUT2D eigenvalue weighted by Gasteiger charge is -2.18. The number of hydrogen-bond donors (Lipinski definition) is 0. The van der Waals surface area contributed by atoms with E-state index in [1.807, 2.05) is 12.1 Å². The Bertz CT molecular complexity index is 408. The fourth-order valence-corrected chi connectivity index (χ4v) is 2.02. The van der Waals surface area contributed by atoms with Crippen molar-refractivity contribution in [2.45, 2.75) is 27.2 Å². The normalized spacial score (nSPS) is 11.1. The standard InChI is InChI=1S/C13H17IO3/c1-13(2,3)8-9-5-6-11(17-14)10(7-9)12(15)16-4/h5-7H,8H2,1-4H3. The zero-order chi connectivity index (χ0) is 13.1. The quantitative estimate of drug-likeness (QED) is 0.616. The van der Waals surface area contributed by atoms with Crippen molar-refractivity contribution >= 4 is 29.0 Å². The number of methoxy groups -OCH3 is 1. The summed E-state index contributed by atoms with van der Waals surface area (Å²) in [5.41, 5.74) is 1.76. The molecule has 0 aliphatic carbocycles. The number of carbonyl (C=O) groups is 1. The number of hydrogen-bond acceptors (Lipinski definition) is 3. The SMILES string of the molecule is COC(=O)c1cc(CC(C)(C)C)ccc1OI. The fourth-order valence-electron chi connectivity index (χ4n) is 1.64. The number of carbonyl (C=O) groups excluding carboxylic acids is 1. The van der Waals surface area contributed by atoms with Crippen molar-refractivity contribution in [3.05, 3.63) is 29.3 Å². The molecule has 17 heavy (non-hydrogen) atoms. The van der Waals surface area contributed by atoms with Gasteiger partial charge < -0.3 is 7.80 Å². The predicted molar refractivity (Wildman–Crippen MR) is 75.6 cm³/mol. The van der Waals surface area contributed by atoms with Crippen LogP contribution in [-0.4, -0.2) is 13.1 Å². The number of rotatable bonds is 3. The molecule has 0 bridgehead atoms. The Morgan fingerprint density at radius 2 is 2.00 bits per heavy atom. The van der Waals surface area contributed by atoms with Gasteiger partial charge in [0.25, 0.3) is 0 Å². The molecule has 0 N–H and O–H groups in total. The Labute approximate surface area is 116 Å². The summed E-state index contributed by atoms with van der Waals surface area (Å²) >= 11 is 1.76. The van der Waals surface area contributed by atoms with Crippen LogP contribution in [0.2, 0.25) is 0 Å². The topological polar surface area (TPSA) is 35.5 Å². The van der Waals surface area contributed by atoms with E-state index >= 15 is 0 Å². The summed E-state index contributed by atoms with van der Waals surface area (Å²) in [6.45, 7) is 6.48. The van der Waals surface area contributed by atoms with Crippen LogP contribution < -0.4 is 3.07 Å². The number of ether oxygens (including phenoxy) is 1. The molecule has 0 aliphatic heterocycles. The molecular formula is C13H17IO3. The monoisotopic (exact) mass is 348 g/mol. The van der Waals surface area contributed by atoms with Gasteiger partial charge in [-0.15, -0.1) is 0 Å². The summed E-state index contributed by atoms with van der Waals surface area (Å²) in [6, 6.07) is 5.62. The van der Waals surface area contributed by atoms with E-state index in [0.29, 0.717) is 11.3 Å². The summed E-state index contributed by atoms with van der Waals surface area (Å²) in [7, 11) is 1.37. The number of halogens is 1. The molecule has 1 aromatic carbocycles. The lowest BCUT2D eigenvalue weighted by molar-refractivity contribution is 0.0599. The van der Waals surface area contributed by atoms with Crippen LogP contribution in [0.4, 0.5) is 0 Å². The molecule has 0 aliphatic rings. The minimum absolute atomic E-state index is 0.181.